The summed E-state index contributed by atoms with van der Waals surface area (Å²) in [6.45, 7) is 3.92. The first-order valence-corrected chi connectivity index (χ1v) is 16.6. The van der Waals surface area contributed by atoms with Crippen molar-refractivity contribution < 1.29 is 41.0 Å². The van der Waals surface area contributed by atoms with Crippen LogP contribution in [0.25, 0.3) is 5.82 Å². The standard InChI is InChI=1S/C29H33ClF3N7O6S/c1-27(2)11-8-18(40(27)26(42)43)9-15-34-20-4-3-5-23(35-20)47(44,45)38-25(41)19-6-7-21(36-24(19)30)39-16-10-22(37-39)46-17-14-28(12-13-28)29(31,32)33/h3-7,10,16,18H,8-9,11-15,17H2,1-2H3,(H,34,35)(H,38,41)(H,42,43). The van der Waals surface area contributed by atoms with Crippen LogP contribution in [0.2, 0.25) is 5.15 Å². The van der Waals surface area contributed by atoms with E-state index >= 15 is 0 Å². The van der Waals surface area contributed by atoms with Crippen molar-refractivity contribution in [3.8, 4) is 11.7 Å². The van der Waals surface area contributed by atoms with E-state index in [0.29, 0.717) is 19.4 Å². The van der Waals surface area contributed by atoms with Crippen molar-refractivity contribution in [3.63, 3.8) is 0 Å². The number of hydrogen-bond donors (Lipinski definition) is 3. The van der Waals surface area contributed by atoms with Crippen LogP contribution in [0.3, 0.4) is 0 Å². The summed E-state index contributed by atoms with van der Waals surface area (Å²) in [5.74, 6) is -0.623. The summed E-state index contributed by atoms with van der Waals surface area (Å²) >= 11 is 6.21. The van der Waals surface area contributed by atoms with E-state index in [-0.39, 0.29) is 60.1 Å². The largest absolute Gasteiger partial charge is 0.477 e. The molecule has 0 spiro atoms. The fraction of sp³-hybridized carbons (Fsp3) is 0.483. The monoisotopic (exact) mass is 699 g/mol. The molecule has 2 amide bonds. The molecule has 0 radical (unpaired) electrons. The average molecular weight is 700 g/mol. The molecule has 13 nitrogen and oxygen atoms in total. The fourth-order valence-corrected chi connectivity index (χ4v) is 6.79. The Morgan fingerprint density at radius 3 is 2.53 bits per heavy atom. The molecule has 0 aromatic carbocycles. The molecule has 254 valence electrons. The highest BCUT2D eigenvalue weighted by atomic mass is 35.5. The number of hydrogen-bond acceptors (Lipinski definition) is 9. The maximum Gasteiger partial charge on any atom is 0.407 e. The van der Waals surface area contributed by atoms with Gasteiger partial charge in [0.15, 0.2) is 10.8 Å². The van der Waals surface area contributed by atoms with E-state index in [4.69, 9.17) is 16.3 Å². The summed E-state index contributed by atoms with van der Waals surface area (Å²) in [7, 11) is -4.43. The third-order valence-electron chi connectivity index (χ3n) is 8.49. The van der Waals surface area contributed by atoms with Gasteiger partial charge in [-0.15, -0.1) is 5.10 Å². The number of aromatic nitrogens is 4. The maximum absolute atomic E-state index is 13.1. The molecule has 18 heteroatoms. The van der Waals surface area contributed by atoms with Gasteiger partial charge in [0.25, 0.3) is 15.9 Å². The predicted octanol–water partition coefficient (Wildman–Crippen LogP) is 5.27. The Balaban J connectivity index is 1.17. The van der Waals surface area contributed by atoms with Gasteiger partial charge in [0, 0.05) is 30.4 Å². The number of carbonyl (C=O) groups is 2. The summed E-state index contributed by atoms with van der Waals surface area (Å²) < 4.78 is 73.9. The molecule has 1 aliphatic heterocycles. The Bertz CT molecular complexity index is 1760. The lowest BCUT2D eigenvalue weighted by Crippen LogP contribution is -2.46. The van der Waals surface area contributed by atoms with E-state index in [2.05, 4.69) is 20.4 Å². The highest BCUT2D eigenvalue weighted by Gasteiger charge is 2.62. The molecule has 2 fully saturated rings. The molecule has 1 atom stereocenters. The number of rotatable bonds is 12. The predicted molar refractivity (Wildman–Crippen MR) is 163 cm³/mol. The number of alkyl halides is 3. The number of ether oxygens (including phenoxy) is 1. The second-order valence-electron chi connectivity index (χ2n) is 12.2. The quantitative estimate of drug-likeness (QED) is 0.212. The fourth-order valence-electron chi connectivity index (χ4n) is 5.62. The van der Waals surface area contributed by atoms with Gasteiger partial charge in [0.05, 0.1) is 17.6 Å². The Morgan fingerprint density at radius 2 is 1.87 bits per heavy atom. The van der Waals surface area contributed by atoms with E-state index in [1.165, 1.54) is 46.1 Å². The number of likely N-dealkylation sites (tertiary alicyclic amines) is 1. The third-order valence-corrected chi connectivity index (χ3v) is 10.0. The molecule has 4 heterocycles. The minimum absolute atomic E-state index is 0.0720. The molecule has 47 heavy (non-hydrogen) atoms. The molecule has 3 N–H and O–H groups in total. The van der Waals surface area contributed by atoms with E-state index < -0.39 is 44.2 Å². The van der Waals surface area contributed by atoms with Crippen molar-refractivity contribution >= 4 is 39.4 Å². The van der Waals surface area contributed by atoms with Gasteiger partial charge in [-0.3, -0.25) is 4.79 Å². The first-order chi connectivity index (χ1) is 22.0. The molecule has 1 unspecified atom stereocenters. The van der Waals surface area contributed by atoms with E-state index in [1.807, 2.05) is 18.6 Å². The van der Waals surface area contributed by atoms with Crippen LogP contribution in [0.15, 0.2) is 47.6 Å². The van der Waals surface area contributed by atoms with Gasteiger partial charge in [0.1, 0.15) is 11.0 Å². The van der Waals surface area contributed by atoms with Gasteiger partial charge >= 0.3 is 12.3 Å². The lowest BCUT2D eigenvalue weighted by molar-refractivity contribution is -0.190. The van der Waals surface area contributed by atoms with E-state index in [0.717, 1.165) is 6.42 Å². The first kappa shape index (κ1) is 34.2. The molecule has 1 saturated carbocycles. The maximum atomic E-state index is 13.1. The van der Waals surface area contributed by atoms with Gasteiger partial charge in [-0.2, -0.15) is 21.6 Å². The SMILES string of the molecule is CC1(C)CCC(CCNc2cccc(S(=O)(=O)NC(=O)c3ccc(-n4ccc(OCCC5(C(F)(F)F)CC5)n4)nc3Cl)n2)N1C(=O)O. The van der Waals surface area contributed by atoms with Crippen molar-refractivity contribution in [1.29, 1.82) is 0 Å². The highest BCUT2D eigenvalue weighted by Crippen LogP contribution is 2.59. The summed E-state index contributed by atoms with van der Waals surface area (Å²) in [6.07, 6.45) is -1.92. The summed E-state index contributed by atoms with van der Waals surface area (Å²) in [6, 6.07) is 8.04. The van der Waals surface area contributed by atoms with Gasteiger partial charge < -0.3 is 20.1 Å². The van der Waals surface area contributed by atoms with Crippen molar-refractivity contribution in [1.82, 2.24) is 29.4 Å². The number of amides is 2. The number of pyridine rings is 2. The van der Waals surface area contributed by atoms with Gasteiger partial charge in [0.2, 0.25) is 5.88 Å². The van der Waals surface area contributed by atoms with Crippen molar-refractivity contribution in [3.05, 3.63) is 53.3 Å². The minimum atomic E-state index is -4.43. The zero-order valence-corrected chi connectivity index (χ0v) is 27.0. The second kappa shape index (κ2) is 12.8. The minimum Gasteiger partial charge on any atom is -0.477 e. The Labute approximate surface area is 273 Å². The Morgan fingerprint density at radius 1 is 1.13 bits per heavy atom. The Hall–Kier alpha value is -4.12. The van der Waals surface area contributed by atoms with Crippen LogP contribution < -0.4 is 14.8 Å². The average Bonchev–Trinajstić information content (AvgIpc) is 3.53. The lowest BCUT2D eigenvalue weighted by atomic mass is 10.0. The van der Waals surface area contributed by atoms with Gasteiger partial charge in [-0.25, -0.2) is 24.2 Å². The highest BCUT2D eigenvalue weighted by molar-refractivity contribution is 7.90. The lowest BCUT2D eigenvalue weighted by Gasteiger charge is -2.33. The normalized spacial score (nSPS) is 18.5. The molecule has 0 bridgehead atoms. The second-order valence-corrected chi connectivity index (χ2v) is 14.1. The van der Waals surface area contributed by atoms with Crippen LogP contribution in [0, 0.1) is 5.41 Å². The van der Waals surface area contributed by atoms with Crippen molar-refractivity contribution in [2.24, 2.45) is 5.41 Å². The molecule has 1 saturated heterocycles. The van der Waals surface area contributed by atoms with E-state index in [1.54, 1.807) is 6.07 Å². The molecule has 1 aliphatic carbocycles. The molecule has 3 aromatic rings. The zero-order valence-electron chi connectivity index (χ0n) is 25.4. The summed E-state index contributed by atoms with van der Waals surface area (Å²) in [4.78, 5) is 34.3. The number of sulfonamides is 1. The molecule has 2 aliphatic rings. The van der Waals surface area contributed by atoms with Gasteiger partial charge in [-0.1, -0.05) is 17.7 Å². The van der Waals surface area contributed by atoms with Crippen LogP contribution in [0.5, 0.6) is 5.88 Å². The number of nitrogens with zero attached hydrogens (tertiary/aromatic N) is 5. The number of halogens is 4. The van der Waals surface area contributed by atoms with Crippen LogP contribution in [0.4, 0.5) is 23.8 Å². The molecular formula is C29H33ClF3N7O6S. The van der Waals surface area contributed by atoms with Crippen LogP contribution >= 0.6 is 11.6 Å². The first-order valence-electron chi connectivity index (χ1n) is 14.7. The topological polar surface area (TPSA) is 169 Å². The molecular weight excluding hydrogens is 667 g/mol. The molecule has 5 rings (SSSR count). The smallest absolute Gasteiger partial charge is 0.407 e. The molecule has 3 aromatic heterocycles. The number of nitrogens with one attached hydrogen (secondary N) is 2. The third kappa shape index (κ3) is 7.56. The Kier molecular flexibility index (Phi) is 9.34. The van der Waals surface area contributed by atoms with Gasteiger partial charge in [-0.05, 0) is 76.6 Å². The summed E-state index contributed by atoms with van der Waals surface area (Å²) in [5.41, 5.74) is -2.41. The summed E-state index contributed by atoms with van der Waals surface area (Å²) in [5, 5.41) is 16.0. The van der Waals surface area contributed by atoms with Crippen LogP contribution in [-0.4, -0.2) is 81.1 Å². The van der Waals surface area contributed by atoms with Crippen molar-refractivity contribution in [2.75, 3.05) is 18.5 Å². The number of anilines is 1. The van der Waals surface area contributed by atoms with Crippen LogP contribution in [-0.2, 0) is 10.0 Å². The van der Waals surface area contributed by atoms with Crippen LogP contribution in [0.1, 0.15) is 62.7 Å². The number of carboxylic acid groups (broad SMARTS) is 1. The van der Waals surface area contributed by atoms with Crippen molar-refractivity contribution in [2.45, 2.75) is 75.2 Å². The number of carbonyl (C=O) groups excluding carboxylic acids is 1. The zero-order chi connectivity index (χ0) is 34.2. The van der Waals surface area contributed by atoms with E-state index in [9.17, 15) is 36.3 Å².